The van der Waals surface area contributed by atoms with Crippen LogP contribution in [0.15, 0.2) is 42.6 Å². The number of nitrogens with zero attached hydrogens (tertiary/aromatic N) is 2. The third-order valence-electron chi connectivity index (χ3n) is 4.10. The molecule has 3 rings (SSSR count). The Morgan fingerprint density at radius 1 is 1.29 bits per heavy atom. The SMILES string of the molecule is Cc1ccc(N2CC(C(=O)NCc3ccc(Cl)nc3)CC2=O)cc1. The van der Waals surface area contributed by atoms with E-state index < -0.39 is 0 Å². The summed E-state index contributed by atoms with van der Waals surface area (Å²) in [7, 11) is 0. The summed E-state index contributed by atoms with van der Waals surface area (Å²) < 4.78 is 0. The molecule has 2 heterocycles. The monoisotopic (exact) mass is 343 g/mol. The first-order valence-corrected chi connectivity index (χ1v) is 8.16. The smallest absolute Gasteiger partial charge is 0.227 e. The Morgan fingerprint density at radius 3 is 2.71 bits per heavy atom. The highest BCUT2D eigenvalue weighted by atomic mass is 35.5. The summed E-state index contributed by atoms with van der Waals surface area (Å²) in [5, 5.41) is 3.28. The Labute approximate surface area is 145 Å². The Kier molecular flexibility index (Phi) is 4.81. The molecule has 0 bridgehead atoms. The van der Waals surface area contributed by atoms with E-state index in [4.69, 9.17) is 11.6 Å². The number of hydrogen-bond donors (Lipinski definition) is 1. The molecule has 1 aromatic carbocycles. The van der Waals surface area contributed by atoms with Crippen LogP contribution in [0.4, 0.5) is 5.69 Å². The van der Waals surface area contributed by atoms with Gasteiger partial charge in [0.2, 0.25) is 11.8 Å². The van der Waals surface area contributed by atoms with Crippen molar-refractivity contribution in [1.82, 2.24) is 10.3 Å². The van der Waals surface area contributed by atoms with E-state index in [1.807, 2.05) is 37.3 Å². The minimum atomic E-state index is -0.334. The second kappa shape index (κ2) is 7.01. The quantitative estimate of drug-likeness (QED) is 0.868. The van der Waals surface area contributed by atoms with Crippen LogP contribution in [0.3, 0.4) is 0 Å². The highest BCUT2D eigenvalue weighted by Gasteiger charge is 2.34. The maximum atomic E-state index is 12.3. The fraction of sp³-hybridized carbons (Fsp3) is 0.278. The number of benzene rings is 1. The van der Waals surface area contributed by atoms with Crippen LogP contribution in [0.1, 0.15) is 17.5 Å². The fourth-order valence-corrected chi connectivity index (χ4v) is 2.81. The largest absolute Gasteiger partial charge is 0.352 e. The number of pyridine rings is 1. The standard InChI is InChI=1S/C18H18ClN3O2/c1-12-2-5-15(6-3-12)22-11-14(8-17(22)23)18(24)21-10-13-4-7-16(19)20-9-13/h2-7,9,14H,8,10-11H2,1H3,(H,21,24). The van der Waals surface area contributed by atoms with Gasteiger partial charge in [0, 0.05) is 31.4 Å². The van der Waals surface area contributed by atoms with E-state index in [1.54, 1.807) is 17.2 Å². The predicted octanol–water partition coefficient (Wildman–Crippen LogP) is 2.71. The van der Waals surface area contributed by atoms with Crippen LogP contribution in [0.25, 0.3) is 0 Å². The molecule has 2 amide bonds. The summed E-state index contributed by atoms with van der Waals surface area (Å²) in [6.07, 6.45) is 1.86. The Morgan fingerprint density at radius 2 is 2.04 bits per heavy atom. The van der Waals surface area contributed by atoms with E-state index in [0.717, 1.165) is 16.8 Å². The lowest BCUT2D eigenvalue weighted by molar-refractivity contribution is -0.126. The molecule has 1 N–H and O–H groups in total. The minimum absolute atomic E-state index is 0.0211. The third-order valence-corrected chi connectivity index (χ3v) is 4.32. The molecule has 5 nitrogen and oxygen atoms in total. The predicted molar refractivity (Wildman–Crippen MR) is 92.7 cm³/mol. The van der Waals surface area contributed by atoms with Crippen LogP contribution in [0.2, 0.25) is 5.15 Å². The van der Waals surface area contributed by atoms with Gasteiger partial charge in [-0.25, -0.2) is 4.98 Å². The van der Waals surface area contributed by atoms with Gasteiger partial charge in [-0.3, -0.25) is 9.59 Å². The van der Waals surface area contributed by atoms with Crippen LogP contribution < -0.4 is 10.2 Å². The van der Waals surface area contributed by atoms with Gasteiger partial charge in [0.25, 0.3) is 0 Å². The summed E-state index contributed by atoms with van der Waals surface area (Å²) in [5.41, 5.74) is 2.84. The van der Waals surface area contributed by atoms with E-state index in [9.17, 15) is 9.59 Å². The molecule has 0 saturated carbocycles. The van der Waals surface area contributed by atoms with Crippen molar-refractivity contribution in [3.8, 4) is 0 Å². The van der Waals surface area contributed by atoms with E-state index in [0.29, 0.717) is 18.2 Å². The zero-order valence-electron chi connectivity index (χ0n) is 13.3. The highest BCUT2D eigenvalue weighted by molar-refractivity contribution is 6.29. The molecule has 0 spiro atoms. The lowest BCUT2D eigenvalue weighted by atomic mass is 10.1. The maximum Gasteiger partial charge on any atom is 0.227 e. The molecule has 6 heteroatoms. The summed E-state index contributed by atoms with van der Waals surface area (Å²) in [4.78, 5) is 30.2. The second-order valence-electron chi connectivity index (χ2n) is 5.95. The molecule has 1 aliphatic rings. The van der Waals surface area contributed by atoms with E-state index in [1.165, 1.54) is 0 Å². The van der Waals surface area contributed by atoms with Crippen molar-refractivity contribution in [3.63, 3.8) is 0 Å². The Balaban J connectivity index is 1.59. The van der Waals surface area contributed by atoms with Gasteiger partial charge in [-0.1, -0.05) is 35.4 Å². The van der Waals surface area contributed by atoms with Gasteiger partial charge in [0.05, 0.1) is 5.92 Å². The van der Waals surface area contributed by atoms with Gasteiger partial charge < -0.3 is 10.2 Å². The van der Waals surface area contributed by atoms with Crippen LogP contribution in [-0.4, -0.2) is 23.3 Å². The van der Waals surface area contributed by atoms with Gasteiger partial charge in [-0.05, 0) is 30.7 Å². The average Bonchev–Trinajstić information content (AvgIpc) is 2.97. The topological polar surface area (TPSA) is 62.3 Å². The summed E-state index contributed by atoms with van der Waals surface area (Å²) >= 11 is 5.74. The number of anilines is 1. The number of nitrogens with one attached hydrogen (secondary N) is 1. The number of rotatable bonds is 4. The van der Waals surface area contributed by atoms with Gasteiger partial charge in [0.15, 0.2) is 0 Å². The molecule has 24 heavy (non-hydrogen) atoms. The second-order valence-corrected chi connectivity index (χ2v) is 6.34. The van der Waals surface area contributed by atoms with Crippen LogP contribution >= 0.6 is 11.6 Å². The molecule has 124 valence electrons. The lowest BCUT2D eigenvalue weighted by Gasteiger charge is -2.17. The molecule has 1 aliphatic heterocycles. The Bertz CT molecular complexity index is 744. The first kappa shape index (κ1) is 16.5. The van der Waals surface area contributed by atoms with Crippen molar-refractivity contribution >= 4 is 29.1 Å². The van der Waals surface area contributed by atoms with Gasteiger partial charge in [0.1, 0.15) is 5.15 Å². The zero-order chi connectivity index (χ0) is 17.1. The molecule has 0 radical (unpaired) electrons. The molecular weight excluding hydrogens is 326 g/mol. The van der Waals surface area contributed by atoms with Crippen molar-refractivity contribution < 1.29 is 9.59 Å². The average molecular weight is 344 g/mol. The van der Waals surface area contributed by atoms with E-state index in [-0.39, 0.29) is 24.2 Å². The van der Waals surface area contributed by atoms with Gasteiger partial charge >= 0.3 is 0 Å². The van der Waals surface area contributed by atoms with Gasteiger partial charge in [-0.2, -0.15) is 0 Å². The number of hydrogen-bond acceptors (Lipinski definition) is 3. The normalized spacial score (nSPS) is 17.2. The molecule has 2 aromatic rings. The molecule has 0 aliphatic carbocycles. The van der Waals surface area contributed by atoms with E-state index in [2.05, 4.69) is 10.3 Å². The fourth-order valence-electron chi connectivity index (χ4n) is 2.70. The Hall–Kier alpha value is -2.40. The molecule has 1 aromatic heterocycles. The number of aryl methyl sites for hydroxylation is 1. The maximum absolute atomic E-state index is 12.3. The van der Waals surface area contributed by atoms with Crippen molar-refractivity contribution in [2.75, 3.05) is 11.4 Å². The third kappa shape index (κ3) is 3.74. The zero-order valence-corrected chi connectivity index (χ0v) is 14.1. The first-order chi connectivity index (χ1) is 11.5. The summed E-state index contributed by atoms with van der Waals surface area (Å²) in [6, 6.07) is 11.2. The number of amides is 2. The summed E-state index contributed by atoms with van der Waals surface area (Å²) in [6.45, 7) is 2.78. The van der Waals surface area contributed by atoms with Crippen molar-refractivity contribution in [1.29, 1.82) is 0 Å². The minimum Gasteiger partial charge on any atom is -0.352 e. The number of halogens is 1. The first-order valence-electron chi connectivity index (χ1n) is 7.78. The van der Waals surface area contributed by atoms with Crippen LogP contribution in [0.5, 0.6) is 0 Å². The van der Waals surface area contributed by atoms with Crippen LogP contribution in [0, 0.1) is 12.8 Å². The summed E-state index contributed by atoms with van der Waals surface area (Å²) in [5.74, 6) is -0.473. The molecular formula is C18H18ClN3O2. The van der Waals surface area contributed by atoms with E-state index >= 15 is 0 Å². The van der Waals surface area contributed by atoms with Crippen molar-refractivity contribution in [3.05, 3.63) is 58.9 Å². The highest BCUT2D eigenvalue weighted by Crippen LogP contribution is 2.25. The molecule has 1 saturated heterocycles. The van der Waals surface area contributed by atoms with Crippen molar-refractivity contribution in [2.24, 2.45) is 5.92 Å². The molecule has 1 atom stereocenters. The van der Waals surface area contributed by atoms with Crippen molar-refractivity contribution in [2.45, 2.75) is 19.9 Å². The number of aromatic nitrogens is 1. The molecule has 1 unspecified atom stereocenters. The number of carbonyl (C=O) groups is 2. The number of carbonyl (C=O) groups excluding carboxylic acids is 2. The van der Waals surface area contributed by atoms with Gasteiger partial charge in [-0.15, -0.1) is 0 Å². The molecule has 1 fully saturated rings. The van der Waals surface area contributed by atoms with Crippen LogP contribution in [-0.2, 0) is 16.1 Å². The lowest BCUT2D eigenvalue weighted by Crippen LogP contribution is -2.32.